The molecule has 34 heavy (non-hydrogen) atoms. The van der Waals surface area contributed by atoms with E-state index in [0.29, 0.717) is 54.3 Å². The number of hydrogen-bond donors (Lipinski definition) is 1. The number of esters is 1. The van der Waals surface area contributed by atoms with Crippen LogP contribution in [0.15, 0.2) is 82.7 Å². The summed E-state index contributed by atoms with van der Waals surface area (Å²) < 4.78 is 19.5. The van der Waals surface area contributed by atoms with E-state index in [1.807, 2.05) is 28.0 Å². The van der Waals surface area contributed by atoms with Crippen molar-refractivity contribution in [3.05, 3.63) is 84.1 Å². The van der Waals surface area contributed by atoms with Gasteiger partial charge >= 0.3 is 5.97 Å². The minimum Gasteiger partial charge on any atom is -0.402 e. The number of pyridine rings is 1. The van der Waals surface area contributed by atoms with Gasteiger partial charge in [0.1, 0.15) is 5.82 Å². The van der Waals surface area contributed by atoms with E-state index in [9.17, 15) is 9.18 Å². The minimum atomic E-state index is -0.530. The first-order chi connectivity index (χ1) is 16.1. The number of fused-ring (bicyclic) bond motifs is 1. The van der Waals surface area contributed by atoms with Gasteiger partial charge in [0.05, 0.1) is 0 Å². The van der Waals surface area contributed by atoms with Crippen LogP contribution >= 0.6 is 12.4 Å². The van der Waals surface area contributed by atoms with Gasteiger partial charge in [-0.05, 0) is 29.7 Å². The van der Waals surface area contributed by atoms with Gasteiger partial charge in [-0.15, -0.1) is 12.4 Å². The van der Waals surface area contributed by atoms with Gasteiger partial charge in [-0.3, -0.25) is 0 Å². The fraction of sp³-hybridized carbons (Fsp3) is 0.167. The van der Waals surface area contributed by atoms with Crippen LogP contribution in [0.25, 0.3) is 10.8 Å². The number of ether oxygens (including phenoxy) is 1. The molecule has 0 saturated carbocycles. The van der Waals surface area contributed by atoms with Crippen molar-refractivity contribution in [3.8, 4) is 0 Å². The average Bonchev–Trinajstić information content (AvgIpc) is 3.20. The lowest BCUT2D eigenvalue weighted by atomic mass is 10.0. The third-order valence-electron chi connectivity index (χ3n) is 5.54. The SMILES string of the molecule is Cl.NC(=Nc1ccccn1)N1CCN(C=C2N=C(c3ccc(F)c4ccccc34)OC2=O)CC1. The number of carbonyl (C=O) groups excluding carboxylic acids is 1. The summed E-state index contributed by atoms with van der Waals surface area (Å²) in [5, 5.41) is 1.09. The maximum absolute atomic E-state index is 14.1. The molecule has 0 amide bonds. The molecule has 3 aromatic rings. The Morgan fingerprint density at radius 3 is 2.50 bits per heavy atom. The maximum Gasteiger partial charge on any atom is 0.365 e. The van der Waals surface area contributed by atoms with E-state index in [1.165, 1.54) is 6.07 Å². The first-order valence-electron chi connectivity index (χ1n) is 10.5. The van der Waals surface area contributed by atoms with Crippen LogP contribution in [0.4, 0.5) is 10.2 Å². The van der Waals surface area contributed by atoms with Crippen molar-refractivity contribution in [2.24, 2.45) is 15.7 Å². The van der Waals surface area contributed by atoms with Crippen molar-refractivity contribution in [1.29, 1.82) is 0 Å². The van der Waals surface area contributed by atoms with Crippen molar-refractivity contribution in [1.82, 2.24) is 14.8 Å². The fourth-order valence-corrected chi connectivity index (χ4v) is 3.82. The second-order valence-corrected chi connectivity index (χ2v) is 7.64. The van der Waals surface area contributed by atoms with Gasteiger partial charge in [-0.2, -0.15) is 4.99 Å². The fourth-order valence-electron chi connectivity index (χ4n) is 3.82. The highest BCUT2D eigenvalue weighted by molar-refractivity contribution is 6.16. The lowest BCUT2D eigenvalue weighted by Crippen LogP contribution is -2.49. The Balaban J connectivity index is 0.00000274. The molecule has 5 rings (SSSR count). The highest BCUT2D eigenvalue weighted by atomic mass is 35.5. The van der Waals surface area contributed by atoms with Crippen molar-refractivity contribution in [3.63, 3.8) is 0 Å². The van der Waals surface area contributed by atoms with Crippen LogP contribution in [0.3, 0.4) is 0 Å². The molecule has 0 unspecified atom stereocenters. The van der Waals surface area contributed by atoms with Gasteiger partial charge in [-0.1, -0.05) is 30.3 Å². The van der Waals surface area contributed by atoms with E-state index >= 15 is 0 Å². The van der Waals surface area contributed by atoms with Crippen LogP contribution in [-0.2, 0) is 9.53 Å². The van der Waals surface area contributed by atoms with Gasteiger partial charge < -0.3 is 20.3 Å². The van der Waals surface area contributed by atoms with Crippen molar-refractivity contribution in [2.75, 3.05) is 26.2 Å². The number of carbonyl (C=O) groups is 1. The Hall–Kier alpha value is -3.98. The summed E-state index contributed by atoms with van der Waals surface area (Å²) in [5.41, 5.74) is 6.92. The van der Waals surface area contributed by atoms with Crippen LogP contribution in [-0.4, -0.2) is 58.8 Å². The molecule has 8 nitrogen and oxygen atoms in total. The number of piperazine rings is 1. The number of nitrogens with two attached hydrogens (primary N) is 1. The number of rotatable bonds is 3. The first kappa shape index (κ1) is 23.2. The summed E-state index contributed by atoms with van der Waals surface area (Å²) in [6.45, 7) is 2.55. The number of halogens is 2. The Bertz CT molecular complexity index is 1300. The van der Waals surface area contributed by atoms with E-state index < -0.39 is 5.97 Å². The summed E-state index contributed by atoms with van der Waals surface area (Å²) in [6, 6.07) is 15.4. The molecule has 0 atom stereocenters. The molecule has 0 spiro atoms. The highest BCUT2D eigenvalue weighted by Crippen LogP contribution is 2.26. The molecule has 2 aromatic carbocycles. The van der Waals surface area contributed by atoms with Crippen LogP contribution in [0.5, 0.6) is 0 Å². The van der Waals surface area contributed by atoms with E-state index in [0.717, 1.165) is 0 Å². The highest BCUT2D eigenvalue weighted by Gasteiger charge is 2.27. The van der Waals surface area contributed by atoms with Gasteiger partial charge in [0, 0.05) is 49.5 Å². The Kier molecular flexibility index (Phi) is 6.74. The molecule has 0 bridgehead atoms. The quantitative estimate of drug-likeness (QED) is 0.267. The van der Waals surface area contributed by atoms with Crippen LogP contribution in [0.1, 0.15) is 5.56 Å². The van der Waals surface area contributed by atoms with E-state index in [-0.39, 0.29) is 29.8 Å². The molecule has 1 fully saturated rings. The van der Waals surface area contributed by atoms with Gasteiger partial charge in [-0.25, -0.2) is 19.2 Å². The summed E-state index contributed by atoms with van der Waals surface area (Å²) in [6.07, 6.45) is 3.37. The first-order valence-corrected chi connectivity index (χ1v) is 10.5. The third-order valence-corrected chi connectivity index (χ3v) is 5.54. The summed E-state index contributed by atoms with van der Waals surface area (Å²) in [7, 11) is 0. The number of hydrogen-bond acceptors (Lipinski definition) is 6. The predicted octanol–water partition coefficient (Wildman–Crippen LogP) is 3.20. The monoisotopic (exact) mass is 480 g/mol. The summed E-state index contributed by atoms with van der Waals surface area (Å²) in [4.78, 5) is 29.3. The van der Waals surface area contributed by atoms with E-state index in [4.69, 9.17) is 10.5 Å². The van der Waals surface area contributed by atoms with Crippen LogP contribution < -0.4 is 5.73 Å². The molecule has 3 heterocycles. The molecule has 2 aliphatic heterocycles. The number of nitrogens with zero attached hydrogens (tertiary/aromatic N) is 5. The van der Waals surface area contributed by atoms with Gasteiger partial charge in [0.15, 0.2) is 17.5 Å². The second kappa shape index (κ2) is 9.88. The minimum absolute atomic E-state index is 0. The maximum atomic E-state index is 14.1. The molecular formula is C24H22ClFN6O2. The third kappa shape index (κ3) is 4.69. The summed E-state index contributed by atoms with van der Waals surface area (Å²) in [5.74, 6) is 0.275. The Labute approximate surface area is 201 Å². The molecule has 1 aromatic heterocycles. The van der Waals surface area contributed by atoms with Gasteiger partial charge in [0.25, 0.3) is 0 Å². The van der Waals surface area contributed by atoms with Crippen LogP contribution in [0, 0.1) is 5.82 Å². The zero-order valence-electron chi connectivity index (χ0n) is 18.1. The second-order valence-electron chi connectivity index (χ2n) is 7.64. The van der Waals surface area contributed by atoms with Crippen molar-refractivity contribution < 1.29 is 13.9 Å². The smallest absolute Gasteiger partial charge is 0.365 e. The average molecular weight is 481 g/mol. The van der Waals surface area contributed by atoms with E-state index in [1.54, 1.807) is 42.7 Å². The molecular weight excluding hydrogens is 459 g/mol. The normalized spacial score (nSPS) is 17.6. The Morgan fingerprint density at radius 2 is 1.76 bits per heavy atom. The van der Waals surface area contributed by atoms with Gasteiger partial charge in [0.2, 0.25) is 5.90 Å². The lowest BCUT2D eigenvalue weighted by molar-refractivity contribution is -0.130. The Morgan fingerprint density at radius 1 is 1.03 bits per heavy atom. The molecule has 0 aliphatic carbocycles. The molecule has 1 saturated heterocycles. The number of aromatic nitrogens is 1. The lowest BCUT2D eigenvalue weighted by Gasteiger charge is -2.34. The zero-order chi connectivity index (χ0) is 22.8. The number of benzene rings is 2. The largest absolute Gasteiger partial charge is 0.402 e. The number of guanidine groups is 1. The van der Waals surface area contributed by atoms with Crippen molar-refractivity contribution >= 4 is 46.8 Å². The topological polar surface area (TPSA) is 96.4 Å². The molecule has 174 valence electrons. The predicted molar refractivity (Wildman–Crippen MR) is 131 cm³/mol. The number of aliphatic imine (C=N–C) groups is 2. The van der Waals surface area contributed by atoms with Crippen LogP contribution in [0.2, 0.25) is 0 Å². The van der Waals surface area contributed by atoms with E-state index in [2.05, 4.69) is 15.0 Å². The zero-order valence-corrected chi connectivity index (χ0v) is 18.9. The molecule has 0 radical (unpaired) electrons. The molecule has 2 N–H and O–H groups in total. The summed E-state index contributed by atoms with van der Waals surface area (Å²) >= 11 is 0. The number of cyclic esters (lactones) is 1. The standard InChI is InChI=1S/C24H21FN6O2.ClH/c25-19-9-8-18(16-5-1-2-6-17(16)19)22-28-20(23(32)33-22)15-30-11-13-31(14-12-30)24(26)29-21-7-3-4-10-27-21;/h1-10,15H,11-14H2,(H2,26,27,29);1H. The molecule has 2 aliphatic rings. The molecule has 10 heteroatoms. The van der Waals surface area contributed by atoms with Crippen molar-refractivity contribution in [2.45, 2.75) is 0 Å².